The molecule has 112 valence electrons. The van der Waals surface area contributed by atoms with Crippen molar-refractivity contribution in [2.75, 3.05) is 19.5 Å². The number of methoxy groups -OCH3 is 1. The summed E-state index contributed by atoms with van der Waals surface area (Å²) in [6, 6.07) is 7.81. The molecule has 1 aromatic carbocycles. The number of hydrogen-bond donors (Lipinski definition) is 1. The second-order valence-corrected chi connectivity index (χ2v) is 4.84. The van der Waals surface area contributed by atoms with Gasteiger partial charge in [0.2, 0.25) is 0 Å². The van der Waals surface area contributed by atoms with Crippen LogP contribution in [0.4, 0.5) is 5.69 Å². The molecule has 0 radical (unpaired) electrons. The third-order valence-electron chi connectivity index (χ3n) is 3.56. The molecule has 0 fully saturated rings. The third-order valence-corrected chi connectivity index (χ3v) is 3.56. The summed E-state index contributed by atoms with van der Waals surface area (Å²) in [7, 11) is 3.42. The largest absolute Gasteiger partial charge is 0.497 e. The topological polar surface area (TPSA) is 69.0 Å². The van der Waals surface area contributed by atoms with E-state index in [4.69, 9.17) is 4.74 Å². The molecule has 6 nitrogen and oxygen atoms in total. The first-order valence-electron chi connectivity index (χ1n) is 6.87. The molecule has 3 rings (SSSR count). The molecular weight excluding hydrogens is 280 g/mol. The SMILES string of the molecule is CNc1c(C=O)cnc2c1cnn2Cc1ccc(OC)cc1. The number of nitrogens with one attached hydrogen (secondary N) is 1. The van der Waals surface area contributed by atoms with Gasteiger partial charge in [-0.3, -0.25) is 4.79 Å². The first kappa shape index (κ1) is 14.1. The lowest BCUT2D eigenvalue weighted by Gasteiger charge is -2.07. The number of aldehydes is 1. The number of pyridine rings is 1. The van der Waals surface area contributed by atoms with Crippen molar-refractivity contribution in [3.63, 3.8) is 0 Å². The highest BCUT2D eigenvalue weighted by molar-refractivity contribution is 5.98. The molecule has 0 aliphatic heterocycles. The van der Waals surface area contributed by atoms with Crippen LogP contribution < -0.4 is 10.1 Å². The highest BCUT2D eigenvalue weighted by Crippen LogP contribution is 2.25. The summed E-state index contributed by atoms with van der Waals surface area (Å²) in [5.41, 5.74) is 3.11. The van der Waals surface area contributed by atoms with E-state index in [2.05, 4.69) is 15.4 Å². The fraction of sp³-hybridized carbons (Fsp3) is 0.188. The number of rotatable bonds is 5. The standard InChI is InChI=1S/C16H16N4O2/c1-17-15-12(10-21)7-18-16-14(15)8-19-20(16)9-11-3-5-13(22-2)6-4-11/h3-8,10H,9H2,1-2H3,(H,17,18). The molecule has 1 N–H and O–H groups in total. The van der Waals surface area contributed by atoms with E-state index in [-0.39, 0.29) is 0 Å². The average Bonchev–Trinajstić information content (AvgIpc) is 2.97. The number of nitrogens with zero attached hydrogens (tertiary/aromatic N) is 3. The Morgan fingerprint density at radius 1 is 1.27 bits per heavy atom. The van der Waals surface area contributed by atoms with Gasteiger partial charge in [0.1, 0.15) is 5.75 Å². The Kier molecular flexibility index (Phi) is 3.74. The summed E-state index contributed by atoms with van der Waals surface area (Å²) in [6.45, 7) is 0.601. The molecule has 6 heteroatoms. The van der Waals surface area contributed by atoms with Crippen molar-refractivity contribution in [2.24, 2.45) is 0 Å². The monoisotopic (exact) mass is 296 g/mol. The Bertz CT molecular complexity index is 809. The smallest absolute Gasteiger partial charge is 0.160 e. The minimum Gasteiger partial charge on any atom is -0.497 e. The Hall–Kier alpha value is -2.89. The van der Waals surface area contributed by atoms with Gasteiger partial charge in [0.25, 0.3) is 0 Å². The highest BCUT2D eigenvalue weighted by atomic mass is 16.5. The number of anilines is 1. The van der Waals surface area contributed by atoms with Crippen LogP contribution in [0.1, 0.15) is 15.9 Å². The van der Waals surface area contributed by atoms with Crippen molar-refractivity contribution < 1.29 is 9.53 Å². The Morgan fingerprint density at radius 3 is 2.68 bits per heavy atom. The van der Waals surface area contributed by atoms with Crippen LogP contribution in [0.3, 0.4) is 0 Å². The summed E-state index contributed by atoms with van der Waals surface area (Å²) in [5.74, 6) is 0.820. The summed E-state index contributed by atoms with van der Waals surface area (Å²) in [5, 5.41) is 8.26. The number of carbonyl (C=O) groups is 1. The molecule has 0 aliphatic rings. The van der Waals surface area contributed by atoms with Crippen LogP contribution in [-0.4, -0.2) is 35.2 Å². The maximum Gasteiger partial charge on any atom is 0.160 e. The molecular formula is C16H16N4O2. The Morgan fingerprint density at radius 2 is 2.05 bits per heavy atom. The molecule has 0 amide bonds. The highest BCUT2D eigenvalue weighted by Gasteiger charge is 2.12. The van der Waals surface area contributed by atoms with Crippen LogP contribution in [-0.2, 0) is 6.54 Å². The Labute approximate surface area is 127 Å². The van der Waals surface area contributed by atoms with E-state index in [9.17, 15) is 4.79 Å². The zero-order valence-electron chi connectivity index (χ0n) is 12.4. The van der Waals surface area contributed by atoms with Crippen LogP contribution in [0.25, 0.3) is 11.0 Å². The van der Waals surface area contributed by atoms with Gasteiger partial charge >= 0.3 is 0 Å². The van der Waals surface area contributed by atoms with Crippen molar-refractivity contribution >= 4 is 23.0 Å². The van der Waals surface area contributed by atoms with Crippen molar-refractivity contribution in [1.29, 1.82) is 0 Å². The predicted octanol–water partition coefficient (Wildman–Crippen LogP) is 2.34. The van der Waals surface area contributed by atoms with E-state index in [1.807, 2.05) is 28.9 Å². The summed E-state index contributed by atoms with van der Waals surface area (Å²) < 4.78 is 6.97. The maximum atomic E-state index is 11.1. The number of benzene rings is 1. The van der Waals surface area contributed by atoms with Gasteiger partial charge in [-0.2, -0.15) is 5.10 Å². The van der Waals surface area contributed by atoms with Gasteiger partial charge in [0.05, 0.1) is 36.5 Å². The average molecular weight is 296 g/mol. The molecule has 0 bridgehead atoms. The molecule has 0 aliphatic carbocycles. The maximum absolute atomic E-state index is 11.1. The quantitative estimate of drug-likeness (QED) is 0.732. The van der Waals surface area contributed by atoms with Crippen molar-refractivity contribution in [3.8, 4) is 5.75 Å². The number of ether oxygens (including phenoxy) is 1. The van der Waals surface area contributed by atoms with E-state index >= 15 is 0 Å². The second kappa shape index (κ2) is 5.85. The molecule has 2 heterocycles. The molecule has 0 saturated heterocycles. The van der Waals surface area contributed by atoms with Gasteiger partial charge < -0.3 is 10.1 Å². The second-order valence-electron chi connectivity index (χ2n) is 4.84. The predicted molar refractivity (Wildman–Crippen MR) is 84.6 cm³/mol. The van der Waals surface area contributed by atoms with Crippen LogP contribution in [0, 0.1) is 0 Å². The third kappa shape index (κ3) is 2.39. The lowest BCUT2D eigenvalue weighted by molar-refractivity contribution is 0.112. The first-order chi connectivity index (χ1) is 10.8. The minimum absolute atomic E-state index is 0.527. The molecule has 0 saturated carbocycles. The van der Waals surface area contributed by atoms with Gasteiger partial charge in [0, 0.05) is 13.2 Å². The van der Waals surface area contributed by atoms with E-state index < -0.39 is 0 Å². The van der Waals surface area contributed by atoms with Gasteiger partial charge in [-0.05, 0) is 17.7 Å². The first-order valence-corrected chi connectivity index (χ1v) is 6.87. The van der Waals surface area contributed by atoms with Crippen LogP contribution >= 0.6 is 0 Å². The lowest BCUT2D eigenvalue weighted by Crippen LogP contribution is -2.03. The van der Waals surface area contributed by atoms with Gasteiger partial charge in [0.15, 0.2) is 11.9 Å². The molecule has 0 atom stereocenters. The van der Waals surface area contributed by atoms with Crippen LogP contribution in [0.2, 0.25) is 0 Å². The van der Waals surface area contributed by atoms with Crippen LogP contribution in [0.15, 0.2) is 36.7 Å². The van der Waals surface area contributed by atoms with Gasteiger partial charge in [-0.15, -0.1) is 0 Å². The molecule has 22 heavy (non-hydrogen) atoms. The van der Waals surface area contributed by atoms with Crippen molar-refractivity contribution in [1.82, 2.24) is 14.8 Å². The molecule has 0 spiro atoms. The summed E-state index contributed by atoms with van der Waals surface area (Å²) in [4.78, 5) is 15.4. The van der Waals surface area contributed by atoms with E-state index in [1.54, 1.807) is 26.6 Å². The fourth-order valence-corrected chi connectivity index (χ4v) is 2.43. The summed E-state index contributed by atoms with van der Waals surface area (Å²) >= 11 is 0. The van der Waals surface area contributed by atoms with Crippen LogP contribution in [0.5, 0.6) is 5.75 Å². The van der Waals surface area contributed by atoms with E-state index in [0.29, 0.717) is 12.1 Å². The lowest BCUT2D eigenvalue weighted by atomic mass is 10.2. The van der Waals surface area contributed by atoms with Crippen molar-refractivity contribution in [2.45, 2.75) is 6.54 Å². The number of carbonyl (C=O) groups excluding carboxylic acids is 1. The van der Waals surface area contributed by atoms with E-state index in [0.717, 1.165) is 34.3 Å². The van der Waals surface area contributed by atoms with E-state index in [1.165, 1.54) is 0 Å². The number of fused-ring (bicyclic) bond motifs is 1. The molecule has 2 aromatic heterocycles. The fourth-order valence-electron chi connectivity index (χ4n) is 2.43. The minimum atomic E-state index is 0.527. The Balaban J connectivity index is 1.99. The molecule has 0 unspecified atom stereocenters. The zero-order valence-corrected chi connectivity index (χ0v) is 12.4. The van der Waals surface area contributed by atoms with Gasteiger partial charge in [-0.1, -0.05) is 12.1 Å². The number of aromatic nitrogens is 3. The van der Waals surface area contributed by atoms with Gasteiger partial charge in [-0.25, -0.2) is 9.67 Å². The normalized spacial score (nSPS) is 10.6. The van der Waals surface area contributed by atoms with Crippen molar-refractivity contribution in [3.05, 3.63) is 47.8 Å². The number of hydrogen-bond acceptors (Lipinski definition) is 5. The zero-order chi connectivity index (χ0) is 15.5. The summed E-state index contributed by atoms with van der Waals surface area (Å²) in [6.07, 6.45) is 4.08. The molecule has 3 aromatic rings.